The van der Waals surface area contributed by atoms with Crippen molar-refractivity contribution in [1.29, 1.82) is 0 Å². The fraction of sp³-hybridized carbons (Fsp3) is 0.182. The van der Waals surface area contributed by atoms with Gasteiger partial charge in [0.2, 0.25) is 0 Å². The van der Waals surface area contributed by atoms with Crippen molar-refractivity contribution in [2.75, 3.05) is 4.72 Å². The molecule has 0 radical (unpaired) electrons. The maximum atomic E-state index is 11.4. The first-order valence-corrected chi connectivity index (χ1v) is 6.49. The van der Waals surface area contributed by atoms with Crippen LogP contribution in [-0.4, -0.2) is 14.3 Å². The van der Waals surface area contributed by atoms with Gasteiger partial charge < -0.3 is 5.73 Å². The van der Waals surface area contributed by atoms with Crippen LogP contribution in [0.4, 0.5) is 5.69 Å². The number of nitrogens with two attached hydrogens (primary N) is 1. The molecule has 17 heavy (non-hydrogen) atoms. The molecule has 1 heterocycles. The maximum Gasteiger partial charge on any atom is 0.344 e. The zero-order chi connectivity index (χ0) is 12.6. The van der Waals surface area contributed by atoms with Crippen LogP contribution in [0.15, 0.2) is 28.2 Å². The molecular formula is C11H13N3O2S. The van der Waals surface area contributed by atoms with E-state index in [2.05, 4.69) is 9.12 Å². The molecule has 0 unspecified atom stereocenters. The Hall–Kier alpha value is -1.82. The summed E-state index contributed by atoms with van der Waals surface area (Å²) < 4.78 is 28.5. The van der Waals surface area contributed by atoms with Crippen molar-refractivity contribution < 1.29 is 8.42 Å². The third kappa shape index (κ3) is 2.31. The van der Waals surface area contributed by atoms with Crippen LogP contribution in [-0.2, 0) is 10.2 Å². The molecule has 6 heteroatoms. The van der Waals surface area contributed by atoms with Gasteiger partial charge in [-0.1, -0.05) is 23.8 Å². The Bertz CT molecular complexity index is 626. The van der Waals surface area contributed by atoms with Crippen molar-refractivity contribution >= 4 is 27.8 Å². The molecule has 0 aromatic heterocycles. The molecule has 0 saturated heterocycles. The minimum atomic E-state index is -3.70. The summed E-state index contributed by atoms with van der Waals surface area (Å²) in [6, 6.07) is 5.30. The van der Waals surface area contributed by atoms with E-state index in [0.717, 1.165) is 11.1 Å². The van der Waals surface area contributed by atoms with Crippen LogP contribution in [0.3, 0.4) is 0 Å². The topological polar surface area (TPSA) is 84.5 Å². The van der Waals surface area contributed by atoms with Gasteiger partial charge in [0.05, 0.1) is 5.69 Å². The van der Waals surface area contributed by atoms with Gasteiger partial charge in [0.1, 0.15) is 5.84 Å². The monoisotopic (exact) mass is 251 g/mol. The van der Waals surface area contributed by atoms with E-state index in [-0.39, 0.29) is 5.84 Å². The van der Waals surface area contributed by atoms with E-state index in [0.29, 0.717) is 11.3 Å². The Morgan fingerprint density at radius 2 is 2.12 bits per heavy atom. The predicted octanol–water partition coefficient (Wildman–Crippen LogP) is 1.49. The summed E-state index contributed by atoms with van der Waals surface area (Å²) in [7, 11) is -3.70. The SMILES string of the molecule is CC(C)=Cc1cccc2c1C(N)=NS(=O)(=O)N2. The Morgan fingerprint density at radius 1 is 1.41 bits per heavy atom. The van der Waals surface area contributed by atoms with Crippen molar-refractivity contribution in [3.63, 3.8) is 0 Å². The number of benzene rings is 1. The molecule has 3 N–H and O–H groups in total. The standard InChI is InChI=1S/C11H13N3O2S/c1-7(2)6-8-4-3-5-9-10(8)11(12)14-17(15,16)13-9/h3-6,13H,1-2H3,(H2,12,14). The fourth-order valence-corrected chi connectivity index (χ4v) is 2.55. The number of fused-ring (bicyclic) bond motifs is 1. The van der Waals surface area contributed by atoms with Crippen molar-refractivity contribution in [2.24, 2.45) is 10.1 Å². The molecule has 2 rings (SSSR count). The smallest absolute Gasteiger partial charge is 0.344 e. The molecular weight excluding hydrogens is 238 g/mol. The highest BCUT2D eigenvalue weighted by Crippen LogP contribution is 2.26. The van der Waals surface area contributed by atoms with Crippen LogP contribution in [0, 0.1) is 0 Å². The fourth-order valence-electron chi connectivity index (χ4n) is 1.71. The summed E-state index contributed by atoms with van der Waals surface area (Å²) in [5, 5.41) is 0. The lowest BCUT2D eigenvalue weighted by Crippen LogP contribution is -2.27. The lowest BCUT2D eigenvalue weighted by atomic mass is 10.0. The van der Waals surface area contributed by atoms with Gasteiger partial charge in [-0.05, 0) is 25.5 Å². The highest BCUT2D eigenvalue weighted by molar-refractivity contribution is 7.91. The Labute approximate surface area is 100 Å². The summed E-state index contributed by atoms with van der Waals surface area (Å²) in [5.74, 6) is 0.0202. The van der Waals surface area contributed by atoms with Gasteiger partial charge in [-0.2, -0.15) is 8.42 Å². The molecule has 1 aromatic rings. The quantitative estimate of drug-likeness (QED) is 0.793. The number of hydrogen-bond donors (Lipinski definition) is 2. The molecule has 1 aliphatic heterocycles. The molecule has 5 nitrogen and oxygen atoms in total. The van der Waals surface area contributed by atoms with E-state index in [9.17, 15) is 8.42 Å². The Balaban J connectivity index is 2.69. The second-order valence-corrected chi connectivity index (χ2v) is 5.38. The summed E-state index contributed by atoms with van der Waals surface area (Å²) >= 11 is 0. The van der Waals surface area contributed by atoms with Crippen LogP contribution < -0.4 is 10.5 Å². The first kappa shape index (κ1) is 11.7. The summed E-state index contributed by atoms with van der Waals surface area (Å²) in [6.45, 7) is 3.92. The lowest BCUT2D eigenvalue weighted by molar-refractivity contribution is 0.602. The molecule has 0 atom stereocenters. The van der Waals surface area contributed by atoms with Crippen molar-refractivity contribution in [2.45, 2.75) is 13.8 Å². The van der Waals surface area contributed by atoms with Gasteiger partial charge in [-0.15, -0.1) is 4.40 Å². The minimum absolute atomic E-state index is 0.0202. The molecule has 0 amide bonds. The number of nitrogens with one attached hydrogen (secondary N) is 1. The average molecular weight is 251 g/mol. The van der Waals surface area contributed by atoms with E-state index >= 15 is 0 Å². The zero-order valence-electron chi connectivity index (χ0n) is 9.56. The maximum absolute atomic E-state index is 11.4. The Kier molecular flexibility index (Phi) is 2.66. The highest BCUT2D eigenvalue weighted by atomic mass is 32.2. The number of amidine groups is 1. The third-order valence-electron chi connectivity index (χ3n) is 2.25. The summed E-state index contributed by atoms with van der Waals surface area (Å²) in [6.07, 6.45) is 1.93. The zero-order valence-corrected chi connectivity index (χ0v) is 10.4. The van der Waals surface area contributed by atoms with E-state index in [1.165, 1.54) is 0 Å². The van der Waals surface area contributed by atoms with Crippen LogP contribution in [0.2, 0.25) is 0 Å². The number of nitrogens with zero attached hydrogens (tertiary/aromatic N) is 1. The van der Waals surface area contributed by atoms with E-state index in [4.69, 9.17) is 5.73 Å². The minimum Gasteiger partial charge on any atom is -0.382 e. The molecule has 0 spiro atoms. The van der Waals surface area contributed by atoms with Crippen molar-refractivity contribution in [3.05, 3.63) is 34.9 Å². The largest absolute Gasteiger partial charge is 0.382 e. The number of anilines is 1. The normalized spacial score (nSPS) is 16.5. The predicted molar refractivity (Wildman–Crippen MR) is 69.0 cm³/mol. The number of rotatable bonds is 1. The van der Waals surface area contributed by atoms with Gasteiger partial charge in [0, 0.05) is 5.56 Å². The molecule has 0 aliphatic carbocycles. The molecule has 1 aliphatic rings. The molecule has 0 bridgehead atoms. The van der Waals surface area contributed by atoms with Crippen LogP contribution >= 0.6 is 0 Å². The van der Waals surface area contributed by atoms with E-state index < -0.39 is 10.2 Å². The number of hydrogen-bond acceptors (Lipinski definition) is 3. The van der Waals surface area contributed by atoms with Gasteiger partial charge in [0.15, 0.2) is 0 Å². The average Bonchev–Trinajstić information content (AvgIpc) is 2.13. The summed E-state index contributed by atoms with van der Waals surface area (Å²) in [5.41, 5.74) is 8.74. The molecule has 1 aromatic carbocycles. The molecule has 0 fully saturated rings. The first-order valence-electron chi connectivity index (χ1n) is 5.05. The van der Waals surface area contributed by atoms with Crippen LogP contribution in [0.1, 0.15) is 25.0 Å². The van der Waals surface area contributed by atoms with Gasteiger partial charge in [-0.25, -0.2) is 0 Å². The van der Waals surface area contributed by atoms with Gasteiger partial charge in [-0.3, -0.25) is 4.72 Å². The van der Waals surface area contributed by atoms with Crippen molar-refractivity contribution in [1.82, 2.24) is 0 Å². The summed E-state index contributed by atoms with van der Waals surface area (Å²) in [4.78, 5) is 0. The Morgan fingerprint density at radius 3 is 2.76 bits per heavy atom. The first-order chi connectivity index (χ1) is 7.89. The van der Waals surface area contributed by atoms with Crippen LogP contribution in [0.5, 0.6) is 0 Å². The van der Waals surface area contributed by atoms with E-state index in [1.54, 1.807) is 12.1 Å². The highest BCUT2D eigenvalue weighted by Gasteiger charge is 2.22. The van der Waals surface area contributed by atoms with Crippen LogP contribution in [0.25, 0.3) is 6.08 Å². The third-order valence-corrected chi connectivity index (χ3v) is 3.17. The second kappa shape index (κ2) is 3.89. The van der Waals surface area contributed by atoms with Crippen molar-refractivity contribution in [3.8, 4) is 0 Å². The molecule has 0 saturated carbocycles. The van der Waals surface area contributed by atoms with Gasteiger partial charge in [0.25, 0.3) is 0 Å². The number of allylic oxidation sites excluding steroid dienone is 1. The second-order valence-electron chi connectivity index (χ2n) is 4.05. The molecule has 90 valence electrons. The van der Waals surface area contributed by atoms with E-state index in [1.807, 2.05) is 26.0 Å². The lowest BCUT2D eigenvalue weighted by Gasteiger charge is -2.17. The van der Waals surface area contributed by atoms with Gasteiger partial charge >= 0.3 is 10.2 Å².